The van der Waals surface area contributed by atoms with Crippen molar-refractivity contribution in [2.24, 2.45) is 29.6 Å². The fraction of sp³-hybridized carbons (Fsp3) is 0.767. The van der Waals surface area contributed by atoms with E-state index in [2.05, 4.69) is 13.5 Å². The number of rotatable bonds is 21. The molecule has 0 radical (unpaired) electrons. The van der Waals surface area contributed by atoms with E-state index in [1.807, 2.05) is 32.9 Å². The molecule has 3 aliphatic rings. The van der Waals surface area contributed by atoms with Crippen molar-refractivity contribution < 1.29 is 53.1 Å². The van der Waals surface area contributed by atoms with Crippen LogP contribution in [0.4, 0.5) is 0 Å². The summed E-state index contributed by atoms with van der Waals surface area (Å²) in [6.07, 6.45) is 8.59. The normalized spacial score (nSPS) is 30.0. The molecule has 55 heavy (non-hydrogen) atoms. The molecule has 13 atom stereocenters. The maximum Gasteiger partial charge on any atom is 0.329 e. The number of piperidine rings is 1. The van der Waals surface area contributed by atoms with Crippen LogP contribution in [0.25, 0.3) is 0 Å². The van der Waals surface area contributed by atoms with Crippen LogP contribution >= 0.6 is 0 Å². The largest absolute Gasteiger partial charge is 0.457 e. The maximum absolute atomic E-state index is 13.8. The number of aliphatic hydroxyl groups excluding tert-OH is 2. The summed E-state index contributed by atoms with van der Waals surface area (Å²) < 4.78 is 28.9. The Balaban J connectivity index is 1.74. The number of ketones is 1. The fourth-order valence-corrected chi connectivity index (χ4v) is 8.64. The number of hydrogen-bond donors (Lipinski definition) is 2. The van der Waals surface area contributed by atoms with Crippen LogP contribution in [0.2, 0.25) is 0 Å². The number of hydrogen-bond acceptors (Lipinski definition) is 11. The van der Waals surface area contributed by atoms with E-state index in [0.717, 1.165) is 30.4 Å². The number of nitrogens with zero attached hydrogens (tertiary/aromatic N) is 1. The molecule has 0 aromatic rings. The summed E-state index contributed by atoms with van der Waals surface area (Å²) in [5, 5.41) is 22.0. The molecular formula is C43H69NO11. The highest BCUT2D eigenvalue weighted by Gasteiger charge is 2.41. The Morgan fingerprint density at radius 1 is 1.04 bits per heavy atom. The van der Waals surface area contributed by atoms with Crippen molar-refractivity contribution in [2.75, 3.05) is 27.9 Å². The lowest BCUT2D eigenvalue weighted by atomic mass is 9.81. The fourth-order valence-electron chi connectivity index (χ4n) is 8.64. The second-order valence-corrected chi connectivity index (χ2v) is 16.4. The van der Waals surface area contributed by atoms with Crippen molar-refractivity contribution in [1.82, 2.24) is 4.90 Å². The topological polar surface area (TPSA) is 158 Å². The molecule has 1 unspecified atom stereocenters. The van der Waals surface area contributed by atoms with Gasteiger partial charge in [0.25, 0.3) is 0 Å². The van der Waals surface area contributed by atoms with Crippen molar-refractivity contribution in [1.29, 1.82) is 0 Å². The Labute approximate surface area is 329 Å². The number of ether oxygens (including phenoxy) is 5. The third-order valence-corrected chi connectivity index (χ3v) is 11.9. The van der Waals surface area contributed by atoms with Gasteiger partial charge >= 0.3 is 11.9 Å². The average Bonchev–Trinajstić information content (AvgIpc) is 3.16. The second-order valence-electron chi connectivity index (χ2n) is 16.4. The summed E-state index contributed by atoms with van der Waals surface area (Å²) >= 11 is 0. The third-order valence-electron chi connectivity index (χ3n) is 11.9. The lowest BCUT2D eigenvalue weighted by Gasteiger charge is -2.38. The molecule has 1 amide bonds. The van der Waals surface area contributed by atoms with Gasteiger partial charge in [-0.3, -0.25) is 14.4 Å². The summed E-state index contributed by atoms with van der Waals surface area (Å²) in [4.78, 5) is 53.1. The molecule has 2 heterocycles. The highest BCUT2D eigenvalue weighted by atomic mass is 16.6. The van der Waals surface area contributed by atoms with Crippen molar-refractivity contribution in [3.8, 4) is 0 Å². The predicted octanol–water partition coefficient (Wildman–Crippen LogP) is 5.52. The molecule has 312 valence electrons. The molecule has 0 aromatic heterocycles. The van der Waals surface area contributed by atoms with Crippen LogP contribution in [0.3, 0.4) is 0 Å². The molecule has 1 aliphatic carbocycles. The number of aliphatic hydroxyl groups is 2. The van der Waals surface area contributed by atoms with Gasteiger partial charge < -0.3 is 38.8 Å². The van der Waals surface area contributed by atoms with Gasteiger partial charge in [-0.2, -0.15) is 0 Å². The van der Waals surface area contributed by atoms with Gasteiger partial charge in [0.1, 0.15) is 17.9 Å². The number of methoxy groups -OCH3 is 3. The van der Waals surface area contributed by atoms with Crippen LogP contribution < -0.4 is 0 Å². The molecule has 0 bridgehead atoms. The van der Waals surface area contributed by atoms with E-state index in [-0.39, 0.29) is 54.2 Å². The van der Waals surface area contributed by atoms with E-state index in [9.17, 15) is 29.4 Å². The number of amides is 1. The molecule has 2 aliphatic heterocycles. The van der Waals surface area contributed by atoms with E-state index in [1.165, 1.54) is 4.90 Å². The molecule has 12 heteroatoms. The van der Waals surface area contributed by atoms with Gasteiger partial charge in [0, 0.05) is 46.1 Å². The average molecular weight is 776 g/mol. The number of cyclic esters (lactones) is 1. The zero-order valence-corrected chi connectivity index (χ0v) is 34.5. The summed E-state index contributed by atoms with van der Waals surface area (Å²) in [5.74, 6) is -2.11. The summed E-state index contributed by atoms with van der Waals surface area (Å²) in [6, 6.07) is -0.704. The molecule has 3 rings (SSSR count). The zero-order chi connectivity index (χ0) is 40.8. The maximum atomic E-state index is 13.8. The van der Waals surface area contributed by atoms with Crippen LogP contribution in [0.5, 0.6) is 0 Å². The van der Waals surface area contributed by atoms with Crippen LogP contribution in [0.1, 0.15) is 105 Å². The van der Waals surface area contributed by atoms with Crippen LogP contribution in [-0.2, 0) is 42.9 Å². The monoisotopic (exact) mass is 775 g/mol. The van der Waals surface area contributed by atoms with Gasteiger partial charge in [-0.15, -0.1) is 6.58 Å². The number of esters is 2. The van der Waals surface area contributed by atoms with Crippen LogP contribution in [0, 0.1) is 29.6 Å². The molecule has 2 saturated heterocycles. The first-order valence-corrected chi connectivity index (χ1v) is 20.2. The Hall–Kier alpha value is -2.90. The zero-order valence-electron chi connectivity index (χ0n) is 34.5. The van der Waals surface area contributed by atoms with Gasteiger partial charge in [-0.05, 0) is 95.5 Å². The van der Waals surface area contributed by atoms with E-state index < -0.39 is 48.3 Å². The Bertz CT molecular complexity index is 1330. The quantitative estimate of drug-likeness (QED) is 0.0859. The Kier molecular flexibility index (Phi) is 19.2. The molecule has 1 saturated carbocycles. The van der Waals surface area contributed by atoms with Crippen LogP contribution in [-0.4, -0.2) is 116 Å². The lowest BCUT2D eigenvalue weighted by Crippen LogP contribution is -2.49. The molecule has 12 nitrogen and oxygen atoms in total. The van der Waals surface area contributed by atoms with E-state index in [1.54, 1.807) is 34.3 Å². The van der Waals surface area contributed by atoms with E-state index in [0.29, 0.717) is 57.9 Å². The minimum absolute atomic E-state index is 0.0658. The molecule has 3 fully saturated rings. The van der Waals surface area contributed by atoms with E-state index in [4.69, 9.17) is 23.7 Å². The number of carbonyl (C=O) groups excluding carboxylic acids is 4. The first-order chi connectivity index (χ1) is 26.2. The van der Waals surface area contributed by atoms with Gasteiger partial charge in [-0.25, -0.2) is 4.79 Å². The SMILES string of the molecule is C=CC[C@H](/C=C(\C)C[C@H](C)C[C@H](OC)[C@H]1OC(=O)C(C)C[C@H]1OC)C(=O)C[C@H](O)[C@@H](C)[C@H](OC(=O)[C@@H]1CCCCN1C=O)/C(C)=C/[C@@H]1CC[C@@H](O)[C@@H](OC)C1. The molecule has 0 aromatic carbocycles. The molecule has 2 N–H and O–H groups in total. The van der Waals surface area contributed by atoms with Gasteiger partial charge in [0.05, 0.1) is 36.4 Å². The number of Topliss-reactive ketones (excluding diaryl/α,β-unsaturated/α-hetero) is 1. The van der Waals surface area contributed by atoms with Crippen molar-refractivity contribution in [3.05, 3.63) is 36.0 Å². The summed E-state index contributed by atoms with van der Waals surface area (Å²) in [7, 11) is 4.81. The van der Waals surface area contributed by atoms with E-state index >= 15 is 0 Å². The van der Waals surface area contributed by atoms with Gasteiger partial charge in [0.2, 0.25) is 6.41 Å². The Morgan fingerprint density at radius 2 is 1.75 bits per heavy atom. The summed E-state index contributed by atoms with van der Waals surface area (Å²) in [6.45, 7) is 13.9. The second kappa shape index (κ2) is 22.7. The van der Waals surface area contributed by atoms with Gasteiger partial charge in [-0.1, -0.05) is 44.6 Å². The number of likely N-dealkylation sites (tertiary alicyclic amines) is 1. The minimum atomic E-state index is -1.13. The first-order valence-electron chi connectivity index (χ1n) is 20.2. The first kappa shape index (κ1) is 46.5. The number of carbonyl (C=O) groups is 4. The molecular weight excluding hydrogens is 706 g/mol. The smallest absolute Gasteiger partial charge is 0.329 e. The van der Waals surface area contributed by atoms with Crippen LogP contribution in [0.15, 0.2) is 36.0 Å². The van der Waals surface area contributed by atoms with Crippen molar-refractivity contribution in [2.45, 2.75) is 154 Å². The standard InChI is InChI=1S/C43H69NO11/c1-10-13-32(19-26(2)18-27(3)20-38(52-8)41-39(53-9)22-29(5)42(49)55-41)36(48)24-35(47)30(6)40(54-43(50)33-14-11-12-17-44(33)25-45)28(4)21-31-15-16-34(46)37(23-31)51-7/h10,19,21,25,27,29-35,37-41,46-47H,1,11-18,20,22-24H2,2-9H3/b26-19+,28-21+/t27-,29?,30+,31-,32+,33-,34+,35-,37-,38-,39+,40+,41+/m0/s1. The third kappa shape index (κ3) is 13.3. The highest BCUT2D eigenvalue weighted by Crippen LogP contribution is 2.33. The summed E-state index contributed by atoms with van der Waals surface area (Å²) in [5.41, 5.74) is 1.75. The van der Waals surface area contributed by atoms with Crippen molar-refractivity contribution >= 4 is 24.1 Å². The predicted molar refractivity (Wildman–Crippen MR) is 209 cm³/mol. The minimum Gasteiger partial charge on any atom is -0.457 e. The molecule has 0 spiro atoms. The van der Waals surface area contributed by atoms with Crippen molar-refractivity contribution in [3.63, 3.8) is 0 Å². The number of allylic oxidation sites excluding steroid dienone is 4. The lowest BCUT2D eigenvalue weighted by molar-refractivity contribution is -0.189. The van der Waals surface area contributed by atoms with Gasteiger partial charge in [0.15, 0.2) is 6.10 Å². The Morgan fingerprint density at radius 3 is 2.38 bits per heavy atom. The highest BCUT2D eigenvalue weighted by molar-refractivity contribution is 5.83.